The van der Waals surface area contributed by atoms with E-state index in [-0.39, 0.29) is 6.42 Å². The van der Waals surface area contributed by atoms with Gasteiger partial charge < -0.3 is 4.74 Å². The summed E-state index contributed by atoms with van der Waals surface area (Å²) in [5, 5.41) is -0.735. The zero-order valence-electron chi connectivity index (χ0n) is 9.68. The van der Waals surface area contributed by atoms with Gasteiger partial charge in [-0.3, -0.25) is 0 Å². The Bertz CT molecular complexity index is 314. The molecular weight excluding hydrogens is 298 g/mol. The minimum atomic E-state index is -5.11. The highest BCUT2D eigenvalue weighted by atomic mass is 32.2. The molecule has 2 nitrogen and oxygen atoms in total. The van der Waals surface area contributed by atoms with Crippen molar-refractivity contribution in [1.29, 1.82) is 0 Å². The van der Waals surface area contributed by atoms with Crippen molar-refractivity contribution in [3.63, 3.8) is 0 Å². The van der Waals surface area contributed by atoms with Crippen molar-refractivity contribution >= 4 is 17.7 Å². The molecule has 1 aliphatic carbocycles. The lowest BCUT2D eigenvalue weighted by Gasteiger charge is -2.31. The van der Waals surface area contributed by atoms with Crippen molar-refractivity contribution in [2.24, 2.45) is 0 Å². The molecule has 1 aliphatic rings. The lowest BCUT2D eigenvalue weighted by atomic mass is 9.97. The molecule has 0 aliphatic heterocycles. The van der Waals surface area contributed by atoms with Crippen LogP contribution in [0.2, 0.25) is 0 Å². The molecular formula is C10H12F6O2S. The molecule has 2 atom stereocenters. The number of ether oxygens (including phenoxy) is 1. The zero-order valence-corrected chi connectivity index (χ0v) is 10.5. The Morgan fingerprint density at radius 3 is 2.21 bits per heavy atom. The van der Waals surface area contributed by atoms with Gasteiger partial charge in [-0.1, -0.05) is 6.42 Å². The maximum atomic E-state index is 12.1. The van der Waals surface area contributed by atoms with E-state index in [0.717, 1.165) is 0 Å². The fraction of sp³-hybridized carbons (Fsp3) is 0.900. The maximum Gasteiger partial charge on any atom is 0.490 e. The second-order valence-electron chi connectivity index (χ2n) is 4.19. The minimum absolute atomic E-state index is 0.164. The second kappa shape index (κ2) is 6.23. The largest absolute Gasteiger partial charge is 0.490 e. The first kappa shape index (κ1) is 16.5. The van der Waals surface area contributed by atoms with Gasteiger partial charge in [0.15, 0.2) is 0 Å². The van der Waals surface area contributed by atoms with Crippen LogP contribution in [0.1, 0.15) is 25.7 Å². The summed E-state index contributed by atoms with van der Waals surface area (Å²) >= 11 is 0.495. The van der Waals surface area contributed by atoms with Crippen LogP contribution in [0, 0.1) is 0 Å². The van der Waals surface area contributed by atoms with Crippen LogP contribution >= 0.6 is 11.8 Å². The van der Waals surface area contributed by atoms with Gasteiger partial charge in [0.25, 0.3) is 0 Å². The lowest BCUT2D eigenvalue weighted by Crippen LogP contribution is -2.37. The standard InChI is InChI=1S/C10H12F6O2S/c11-9(12,13)5-19-7-4-2-1-3-6(7)18-8(17)10(14,15)16/h6-7H,1-5H2/t6-,7-/m1/s1. The zero-order chi connectivity index (χ0) is 14.7. The topological polar surface area (TPSA) is 26.3 Å². The van der Waals surface area contributed by atoms with Gasteiger partial charge in [-0.05, 0) is 19.3 Å². The van der Waals surface area contributed by atoms with Crippen LogP contribution in [-0.2, 0) is 9.53 Å². The van der Waals surface area contributed by atoms with E-state index < -0.39 is 35.4 Å². The average Bonchev–Trinajstić information content (AvgIpc) is 2.25. The van der Waals surface area contributed by atoms with E-state index in [0.29, 0.717) is 31.0 Å². The number of carbonyl (C=O) groups excluding carboxylic acids is 1. The highest BCUT2D eigenvalue weighted by Gasteiger charge is 2.44. The quantitative estimate of drug-likeness (QED) is 0.587. The van der Waals surface area contributed by atoms with Crippen molar-refractivity contribution in [2.75, 3.05) is 5.75 Å². The van der Waals surface area contributed by atoms with Crippen molar-refractivity contribution in [3.05, 3.63) is 0 Å². The molecule has 1 rings (SSSR count). The molecule has 0 saturated heterocycles. The van der Waals surface area contributed by atoms with Crippen LogP contribution in [0.4, 0.5) is 26.3 Å². The number of carbonyl (C=O) groups is 1. The Kier molecular flexibility index (Phi) is 5.40. The van der Waals surface area contributed by atoms with Gasteiger partial charge in [0.1, 0.15) is 6.10 Å². The summed E-state index contributed by atoms with van der Waals surface area (Å²) in [6, 6.07) is 0. The van der Waals surface area contributed by atoms with Gasteiger partial charge in [-0.2, -0.15) is 26.3 Å². The number of halogens is 6. The molecule has 9 heteroatoms. The Balaban J connectivity index is 2.55. The highest BCUT2D eigenvalue weighted by molar-refractivity contribution is 8.00. The molecule has 0 bridgehead atoms. The molecule has 1 fully saturated rings. The van der Waals surface area contributed by atoms with E-state index in [4.69, 9.17) is 0 Å². The van der Waals surface area contributed by atoms with Gasteiger partial charge in [-0.15, -0.1) is 11.8 Å². The molecule has 1 saturated carbocycles. The molecule has 0 heterocycles. The number of alkyl halides is 6. The van der Waals surface area contributed by atoms with Crippen LogP contribution in [-0.4, -0.2) is 35.4 Å². The maximum absolute atomic E-state index is 12.1. The Labute approximate surface area is 109 Å². The molecule has 19 heavy (non-hydrogen) atoms. The first-order chi connectivity index (χ1) is 8.59. The summed E-state index contributed by atoms with van der Waals surface area (Å²) in [5.41, 5.74) is 0. The Hall–Kier alpha value is -0.600. The molecule has 0 aromatic rings. The Morgan fingerprint density at radius 2 is 1.68 bits per heavy atom. The first-order valence-electron chi connectivity index (χ1n) is 5.56. The number of hydrogen-bond donors (Lipinski definition) is 0. The molecule has 0 N–H and O–H groups in total. The summed E-state index contributed by atoms with van der Waals surface area (Å²) in [7, 11) is 0. The third-order valence-electron chi connectivity index (χ3n) is 2.59. The SMILES string of the molecule is O=C(O[C@@H]1CCCC[C@H]1SCC(F)(F)F)C(F)(F)F. The summed E-state index contributed by atoms with van der Waals surface area (Å²) in [5.74, 6) is -3.49. The average molecular weight is 310 g/mol. The van der Waals surface area contributed by atoms with Crippen molar-refractivity contribution in [3.8, 4) is 0 Å². The van der Waals surface area contributed by atoms with E-state index >= 15 is 0 Å². The lowest BCUT2D eigenvalue weighted by molar-refractivity contribution is -0.205. The fourth-order valence-corrected chi connectivity index (χ4v) is 2.94. The predicted molar refractivity (Wildman–Crippen MR) is 56.7 cm³/mol. The smallest absolute Gasteiger partial charge is 0.455 e. The molecule has 112 valence electrons. The van der Waals surface area contributed by atoms with Crippen LogP contribution in [0.5, 0.6) is 0 Å². The van der Waals surface area contributed by atoms with Crippen molar-refractivity contribution in [1.82, 2.24) is 0 Å². The van der Waals surface area contributed by atoms with Gasteiger partial charge in [-0.25, -0.2) is 4.79 Å². The van der Waals surface area contributed by atoms with Gasteiger partial charge in [0.2, 0.25) is 0 Å². The summed E-state index contributed by atoms with van der Waals surface area (Å²) in [6.45, 7) is 0. The number of hydrogen-bond acceptors (Lipinski definition) is 3. The van der Waals surface area contributed by atoms with Gasteiger partial charge in [0, 0.05) is 5.25 Å². The highest BCUT2D eigenvalue weighted by Crippen LogP contribution is 2.35. The van der Waals surface area contributed by atoms with Gasteiger partial charge in [0.05, 0.1) is 5.75 Å². The second-order valence-corrected chi connectivity index (χ2v) is 5.42. The van der Waals surface area contributed by atoms with E-state index in [1.54, 1.807) is 0 Å². The van der Waals surface area contributed by atoms with Crippen LogP contribution in [0.3, 0.4) is 0 Å². The molecule has 0 amide bonds. The molecule has 0 radical (unpaired) electrons. The van der Waals surface area contributed by atoms with E-state index in [2.05, 4.69) is 4.74 Å². The van der Waals surface area contributed by atoms with Gasteiger partial charge >= 0.3 is 18.3 Å². The minimum Gasteiger partial charge on any atom is -0.455 e. The first-order valence-corrected chi connectivity index (χ1v) is 6.60. The monoisotopic (exact) mass is 310 g/mol. The fourth-order valence-electron chi connectivity index (χ4n) is 1.79. The normalized spacial score (nSPS) is 25.2. The van der Waals surface area contributed by atoms with Crippen molar-refractivity contribution in [2.45, 2.75) is 49.4 Å². The van der Waals surface area contributed by atoms with Crippen molar-refractivity contribution < 1.29 is 35.9 Å². The summed E-state index contributed by atoms with van der Waals surface area (Å²) < 4.78 is 76.7. The molecule has 0 aromatic heterocycles. The summed E-state index contributed by atoms with van der Waals surface area (Å²) in [4.78, 5) is 10.7. The van der Waals surface area contributed by atoms with E-state index in [1.165, 1.54) is 0 Å². The van der Waals surface area contributed by atoms with Crippen LogP contribution < -0.4 is 0 Å². The number of thioether (sulfide) groups is 1. The summed E-state index contributed by atoms with van der Waals surface area (Å²) in [6.07, 6.45) is -8.96. The van der Waals surface area contributed by atoms with Crippen LogP contribution in [0.15, 0.2) is 0 Å². The predicted octanol–water partition coefficient (Wildman–Crippen LogP) is 3.70. The van der Waals surface area contributed by atoms with Crippen LogP contribution in [0.25, 0.3) is 0 Å². The molecule has 0 aromatic carbocycles. The molecule has 0 spiro atoms. The third kappa shape index (κ3) is 5.92. The number of rotatable bonds is 3. The number of esters is 1. The molecule has 0 unspecified atom stereocenters. The Morgan fingerprint density at radius 1 is 1.11 bits per heavy atom. The van der Waals surface area contributed by atoms with E-state index in [1.807, 2.05) is 0 Å². The van der Waals surface area contributed by atoms with E-state index in [9.17, 15) is 31.1 Å². The third-order valence-corrected chi connectivity index (χ3v) is 4.05.